The first-order valence-corrected chi connectivity index (χ1v) is 14.1. The van der Waals surface area contributed by atoms with Crippen molar-refractivity contribution in [3.8, 4) is 17.1 Å². The van der Waals surface area contributed by atoms with Gasteiger partial charge in [-0.25, -0.2) is 23.7 Å². The van der Waals surface area contributed by atoms with Gasteiger partial charge in [-0.15, -0.1) is 23.7 Å². The highest BCUT2D eigenvalue weighted by Gasteiger charge is 2.50. The molecule has 40 heavy (non-hydrogen) atoms. The molecule has 13 heteroatoms. The average Bonchev–Trinajstić information content (AvgIpc) is 3.50. The Morgan fingerprint density at radius 3 is 2.45 bits per heavy atom. The molecule has 4 aliphatic rings. The summed E-state index contributed by atoms with van der Waals surface area (Å²) in [5.74, 6) is -6.29. The molecule has 214 valence electrons. The molecule has 3 heterocycles. The number of benzene rings is 1. The minimum absolute atomic E-state index is 0. The van der Waals surface area contributed by atoms with E-state index in [0.717, 1.165) is 87.0 Å². The molecule has 0 atom stereocenters. The van der Waals surface area contributed by atoms with Crippen LogP contribution in [-0.2, 0) is 5.41 Å². The van der Waals surface area contributed by atoms with Crippen LogP contribution >= 0.6 is 23.7 Å². The summed E-state index contributed by atoms with van der Waals surface area (Å²) in [5.41, 5.74) is 0.759. The van der Waals surface area contributed by atoms with Crippen molar-refractivity contribution in [2.24, 2.45) is 5.41 Å². The summed E-state index contributed by atoms with van der Waals surface area (Å²) in [6.07, 6.45) is 7.14. The molecule has 3 aromatic rings. The predicted molar refractivity (Wildman–Crippen MR) is 148 cm³/mol. The zero-order chi connectivity index (χ0) is 27.2. The van der Waals surface area contributed by atoms with Crippen molar-refractivity contribution in [3.63, 3.8) is 0 Å². The minimum atomic E-state index is -1.76. The second-order valence-electron chi connectivity index (χ2n) is 10.9. The Bertz CT molecular complexity index is 1390. The number of aromatic hydroxyl groups is 1. The summed E-state index contributed by atoms with van der Waals surface area (Å²) >= 11 is 1.66. The van der Waals surface area contributed by atoms with E-state index in [4.69, 9.17) is 9.97 Å². The average molecular weight is 595 g/mol. The largest absolute Gasteiger partial charge is 0.503 e. The molecular formula is C27H30ClF3N6O2S. The fraction of sp³-hybridized carbons (Fsp3) is 0.481. The molecule has 3 saturated carbocycles. The van der Waals surface area contributed by atoms with Gasteiger partial charge in [-0.3, -0.25) is 4.79 Å². The fourth-order valence-corrected chi connectivity index (χ4v) is 7.21. The summed E-state index contributed by atoms with van der Waals surface area (Å²) in [6.45, 7) is 3.85. The first-order chi connectivity index (χ1) is 18.8. The van der Waals surface area contributed by atoms with Crippen molar-refractivity contribution in [2.75, 3.05) is 37.6 Å². The highest BCUT2D eigenvalue weighted by molar-refractivity contribution is 7.10. The van der Waals surface area contributed by atoms with Crippen LogP contribution in [0.2, 0.25) is 0 Å². The monoisotopic (exact) mass is 594 g/mol. The number of hydrogen-bond donors (Lipinski definition) is 3. The second-order valence-corrected chi connectivity index (χ2v) is 11.7. The van der Waals surface area contributed by atoms with Gasteiger partial charge in [0.05, 0.1) is 16.3 Å². The van der Waals surface area contributed by atoms with Crippen LogP contribution in [0.15, 0.2) is 23.7 Å². The molecule has 1 aromatic carbocycles. The SMILES string of the molecule is Cl.O=C(NCC12CCC(c3nc(-c4ccnc(N5CCNCC5)n4)cs3)(CC1)CC2)c1cc(F)c(O)c(F)c1F. The number of nitrogens with one attached hydrogen (secondary N) is 2. The molecule has 2 aromatic heterocycles. The van der Waals surface area contributed by atoms with Gasteiger partial charge >= 0.3 is 0 Å². The zero-order valence-electron chi connectivity index (χ0n) is 21.7. The zero-order valence-corrected chi connectivity index (χ0v) is 23.3. The van der Waals surface area contributed by atoms with E-state index in [1.54, 1.807) is 17.5 Å². The highest BCUT2D eigenvalue weighted by Crippen LogP contribution is 2.58. The molecule has 4 fully saturated rings. The number of halogens is 4. The van der Waals surface area contributed by atoms with Crippen LogP contribution in [0.5, 0.6) is 5.75 Å². The summed E-state index contributed by atoms with van der Waals surface area (Å²) in [6, 6.07) is 2.42. The lowest BCUT2D eigenvalue weighted by molar-refractivity contribution is 0.0385. The third-order valence-electron chi connectivity index (χ3n) is 8.67. The van der Waals surface area contributed by atoms with Crippen molar-refractivity contribution >= 4 is 35.6 Å². The van der Waals surface area contributed by atoms with Gasteiger partial charge < -0.3 is 20.6 Å². The van der Waals surface area contributed by atoms with Crippen molar-refractivity contribution < 1.29 is 23.1 Å². The van der Waals surface area contributed by atoms with Crippen molar-refractivity contribution in [1.82, 2.24) is 25.6 Å². The maximum absolute atomic E-state index is 14.1. The Kier molecular flexibility index (Phi) is 7.95. The number of carbonyl (C=O) groups excluding carboxylic acids is 1. The van der Waals surface area contributed by atoms with Crippen LogP contribution in [0.25, 0.3) is 11.4 Å². The number of amides is 1. The van der Waals surface area contributed by atoms with E-state index in [1.807, 2.05) is 6.07 Å². The normalized spacial score (nSPS) is 24.0. The number of aromatic nitrogens is 3. The molecule has 0 unspecified atom stereocenters. The highest BCUT2D eigenvalue weighted by atomic mass is 35.5. The van der Waals surface area contributed by atoms with Crippen LogP contribution in [0.3, 0.4) is 0 Å². The number of hydrogen-bond acceptors (Lipinski definition) is 8. The Morgan fingerprint density at radius 1 is 1.05 bits per heavy atom. The number of piperazine rings is 1. The maximum Gasteiger partial charge on any atom is 0.254 e. The number of rotatable bonds is 6. The summed E-state index contributed by atoms with van der Waals surface area (Å²) < 4.78 is 41.5. The number of anilines is 1. The van der Waals surface area contributed by atoms with Crippen molar-refractivity contribution in [2.45, 2.75) is 43.9 Å². The molecule has 3 aliphatic carbocycles. The summed E-state index contributed by atoms with van der Waals surface area (Å²) in [7, 11) is 0. The molecule has 3 N–H and O–H groups in total. The van der Waals surface area contributed by atoms with Crippen LogP contribution in [0.4, 0.5) is 19.1 Å². The number of thiazole rings is 1. The Hall–Kier alpha value is -2.96. The van der Waals surface area contributed by atoms with Crippen molar-refractivity contribution in [1.29, 1.82) is 0 Å². The van der Waals surface area contributed by atoms with Crippen LogP contribution in [0, 0.1) is 22.9 Å². The van der Waals surface area contributed by atoms with E-state index in [-0.39, 0.29) is 23.2 Å². The lowest BCUT2D eigenvalue weighted by atomic mass is 9.54. The van der Waals surface area contributed by atoms with E-state index >= 15 is 0 Å². The van der Waals surface area contributed by atoms with Crippen molar-refractivity contribution in [3.05, 3.63) is 51.7 Å². The second kappa shape index (κ2) is 11.1. The number of fused-ring (bicyclic) bond motifs is 3. The fourth-order valence-electron chi connectivity index (χ4n) is 6.11. The van der Waals surface area contributed by atoms with Crippen LogP contribution in [0.1, 0.15) is 53.9 Å². The van der Waals surface area contributed by atoms with E-state index in [9.17, 15) is 23.1 Å². The lowest BCUT2D eigenvalue weighted by Crippen LogP contribution is -2.49. The van der Waals surface area contributed by atoms with Gasteiger partial charge in [-0.1, -0.05) is 0 Å². The van der Waals surface area contributed by atoms with Gasteiger partial charge in [0.2, 0.25) is 11.8 Å². The topological polar surface area (TPSA) is 103 Å². The van der Waals surface area contributed by atoms with E-state index in [1.165, 1.54) is 0 Å². The lowest BCUT2D eigenvalue weighted by Gasteiger charge is -2.52. The first kappa shape index (κ1) is 28.6. The number of phenolic OH excluding ortho intramolecular Hbond substituents is 1. The van der Waals surface area contributed by atoms with Crippen LogP contribution in [-0.4, -0.2) is 58.7 Å². The maximum atomic E-state index is 14.1. The van der Waals surface area contributed by atoms with Gasteiger partial charge in [0.25, 0.3) is 5.91 Å². The molecule has 0 spiro atoms. The number of nitrogens with zero attached hydrogens (tertiary/aromatic N) is 4. The van der Waals surface area contributed by atoms with Gasteiger partial charge in [-0.2, -0.15) is 4.39 Å². The first-order valence-electron chi connectivity index (χ1n) is 13.2. The molecule has 8 nitrogen and oxygen atoms in total. The minimum Gasteiger partial charge on any atom is -0.503 e. The van der Waals surface area contributed by atoms with Gasteiger partial charge in [-0.05, 0) is 56.1 Å². The smallest absolute Gasteiger partial charge is 0.254 e. The molecule has 0 radical (unpaired) electrons. The molecule has 1 amide bonds. The standard InChI is InChI=1S/C27H29F3N6O2S.ClH/c28-17-13-16(20(29)21(30)22(17)37)23(38)33-15-26-2-5-27(6-3-26,7-4-26)24-34-19(14-39-24)18-1-8-32-25(35-18)36-11-9-31-10-12-36;/h1,8,13-14,31,37H,2-7,9-12,15H2,(H,33,38);1H. The number of carbonyl (C=O) groups is 1. The Balaban J connectivity index is 0.00000323. The predicted octanol–water partition coefficient (Wildman–Crippen LogP) is 4.58. The molecule has 7 rings (SSSR count). The van der Waals surface area contributed by atoms with Gasteiger partial charge in [0.15, 0.2) is 17.4 Å². The van der Waals surface area contributed by atoms with Gasteiger partial charge in [0, 0.05) is 49.7 Å². The Labute approximate surface area is 239 Å². The van der Waals surface area contributed by atoms with Gasteiger partial charge in [0.1, 0.15) is 5.69 Å². The molecule has 1 saturated heterocycles. The summed E-state index contributed by atoms with van der Waals surface area (Å²) in [4.78, 5) is 29.0. The number of phenols is 1. The molecular weight excluding hydrogens is 565 g/mol. The van der Waals surface area contributed by atoms with E-state index < -0.39 is 34.7 Å². The molecule has 2 bridgehead atoms. The third-order valence-corrected chi connectivity index (χ3v) is 9.76. The Morgan fingerprint density at radius 2 is 1.75 bits per heavy atom. The molecule has 1 aliphatic heterocycles. The van der Waals surface area contributed by atoms with Crippen LogP contribution < -0.4 is 15.5 Å². The van der Waals surface area contributed by atoms with E-state index in [2.05, 4.69) is 25.9 Å². The summed E-state index contributed by atoms with van der Waals surface area (Å²) in [5, 5.41) is 18.4. The van der Waals surface area contributed by atoms with E-state index in [0.29, 0.717) is 12.6 Å². The quantitative estimate of drug-likeness (QED) is 0.359. The third kappa shape index (κ3) is 5.12.